The minimum Gasteiger partial charge on any atom is -0.550 e. The van der Waals surface area contributed by atoms with Gasteiger partial charge in [-0.25, -0.2) is 0 Å². The molecule has 0 bridgehead atoms. The lowest BCUT2D eigenvalue weighted by atomic mass is 10.1. The number of aryl methyl sites for hydroxylation is 1. The van der Waals surface area contributed by atoms with Crippen LogP contribution in [0.4, 0.5) is 0 Å². The van der Waals surface area contributed by atoms with Crippen LogP contribution in [0.5, 0.6) is 11.5 Å². The van der Waals surface area contributed by atoms with Gasteiger partial charge < -0.3 is 19.4 Å². The van der Waals surface area contributed by atoms with Crippen LogP contribution in [-0.2, 0) is 16.2 Å². The zero-order chi connectivity index (χ0) is 21.7. The van der Waals surface area contributed by atoms with E-state index in [2.05, 4.69) is 0 Å². The molecular weight excluding hydrogens is 422 g/mol. The summed E-state index contributed by atoms with van der Waals surface area (Å²) in [5.41, 5.74) is 2.98. The maximum absolute atomic E-state index is 12.5. The van der Waals surface area contributed by atoms with E-state index in [1.54, 1.807) is 25.3 Å². The Morgan fingerprint density at radius 1 is 1.20 bits per heavy atom. The van der Waals surface area contributed by atoms with Crippen molar-refractivity contribution in [1.82, 2.24) is 4.90 Å². The van der Waals surface area contributed by atoms with Crippen molar-refractivity contribution in [3.8, 4) is 11.5 Å². The van der Waals surface area contributed by atoms with Crippen LogP contribution in [0.15, 0.2) is 47.4 Å². The number of carboxylic acids is 1. The molecule has 30 heavy (non-hydrogen) atoms. The van der Waals surface area contributed by atoms with E-state index in [1.807, 2.05) is 37.3 Å². The molecular formula is C22H20NO5S2-. The van der Waals surface area contributed by atoms with Crippen LogP contribution < -0.4 is 14.6 Å². The summed E-state index contributed by atoms with van der Waals surface area (Å²) in [6.07, 6.45) is 1.44. The Labute approximate surface area is 184 Å². The van der Waals surface area contributed by atoms with Gasteiger partial charge in [0.2, 0.25) is 0 Å². The highest BCUT2D eigenvalue weighted by molar-refractivity contribution is 8.26. The fourth-order valence-electron chi connectivity index (χ4n) is 2.79. The third kappa shape index (κ3) is 5.40. The number of thiocarbonyl (C=S) groups is 1. The number of carboxylic acid groups (broad SMARTS) is 1. The summed E-state index contributed by atoms with van der Waals surface area (Å²) in [5.74, 6) is -0.399. The number of thioether (sulfide) groups is 1. The molecule has 0 atom stereocenters. The zero-order valence-electron chi connectivity index (χ0n) is 16.5. The van der Waals surface area contributed by atoms with Crippen LogP contribution in [0.2, 0.25) is 0 Å². The third-order valence-electron chi connectivity index (χ3n) is 4.41. The molecule has 156 valence electrons. The molecule has 1 saturated heterocycles. The quantitative estimate of drug-likeness (QED) is 0.459. The summed E-state index contributed by atoms with van der Waals surface area (Å²) in [6, 6.07) is 13.5. The highest BCUT2D eigenvalue weighted by atomic mass is 32.2. The van der Waals surface area contributed by atoms with Crippen LogP contribution in [0, 0.1) is 6.92 Å². The second-order valence-corrected chi connectivity index (χ2v) is 8.32. The van der Waals surface area contributed by atoms with Gasteiger partial charge in [-0.2, -0.15) is 0 Å². The minimum atomic E-state index is -1.22. The van der Waals surface area contributed by atoms with Gasteiger partial charge in [-0.3, -0.25) is 9.69 Å². The van der Waals surface area contributed by atoms with Gasteiger partial charge in [0.1, 0.15) is 10.9 Å². The topological polar surface area (TPSA) is 78.9 Å². The molecule has 1 aliphatic heterocycles. The van der Waals surface area contributed by atoms with Crippen LogP contribution >= 0.6 is 24.0 Å². The molecule has 6 nitrogen and oxygen atoms in total. The first-order valence-corrected chi connectivity index (χ1v) is 10.4. The first kappa shape index (κ1) is 21.9. The van der Waals surface area contributed by atoms with E-state index < -0.39 is 5.97 Å². The number of benzene rings is 2. The van der Waals surface area contributed by atoms with E-state index in [-0.39, 0.29) is 18.9 Å². The molecule has 0 radical (unpaired) electrons. The van der Waals surface area contributed by atoms with Crippen molar-refractivity contribution in [2.75, 3.05) is 13.7 Å². The lowest BCUT2D eigenvalue weighted by Gasteiger charge is -2.14. The number of amides is 1. The maximum Gasteiger partial charge on any atom is 0.266 e. The SMILES string of the molecule is COc1cc(/C=C2\SC(=S)N(CCC(=O)[O-])C2=O)ccc1OCc1ccc(C)cc1. The molecule has 1 amide bonds. The van der Waals surface area contributed by atoms with Crippen LogP contribution in [0.25, 0.3) is 6.08 Å². The van der Waals surface area contributed by atoms with Crippen LogP contribution in [0.1, 0.15) is 23.1 Å². The normalized spacial score (nSPS) is 15.0. The average Bonchev–Trinajstić information content (AvgIpc) is 2.99. The number of ether oxygens (including phenoxy) is 2. The average molecular weight is 443 g/mol. The van der Waals surface area contributed by atoms with E-state index in [1.165, 1.54) is 10.5 Å². The van der Waals surface area contributed by atoms with E-state index in [9.17, 15) is 14.7 Å². The molecule has 2 aromatic carbocycles. The number of carbonyl (C=O) groups is 2. The molecule has 0 N–H and O–H groups in total. The number of rotatable bonds is 8. The second kappa shape index (κ2) is 9.77. The molecule has 1 fully saturated rings. The summed E-state index contributed by atoms with van der Waals surface area (Å²) in [7, 11) is 1.55. The van der Waals surface area contributed by atoms with Gasteiger partial charge in [0.15, 0.2) is 11.5 Å². The van der Waals surface area contributed by atoms with Crippen molar-refractivity contribution in [3.63, 3.8) is 0 Å². The molecule has 0 unspecified atom stereocenters. The summed E-state index contributed by atoms with van der Waals surface area (Å²) < 4.78 is 11.6. The lowest BCUT2D eigenvalue weighted by molar-refractivity contribution is -0.305. The molecule has 1 aliphatic rings. The highest BCUT2D eigenvalue weighted by Crippen LogP contribution is 2.35. The van der Waals surface area contributed by atoms with Gasteiger partial charge in [0.05, 0.1) is 12.0 Å². The first-order chi connectivity index (χ1) is 14.4. The fraction of sp³-hybridized carbons (Fsp3) is 0.227. The number of nitrogens with zero attached hydrogens (tertiary/aromatic N) is 1. The van der Waals surface area contributed by atoms with E-state index in [0.717, 1.165) is 22.9 Å². The molecule has 8 heteroatoms. The number of aliphatic carboxylic acids is 1. The minimum absolute atomic E-state index is 0.000546. The van der Waals surface area contributed by atoms with E-state index in [4.69, 9.17) is 21.7 Å². The molecule has 0 saturated carbocycles. The Morgan fingerprint density at radius 2 is 1.93 bits per heavy atom. The van der Waals surface area contributed by atoms with Gasteiger partial charge in [0.25, 0.3) is 5.91 Å². The monoisotopic (exact) mass is 442 g/mol. The van der Waals surface area contributed by atoms with Crippen molar-refractivity contribution in [2.45, 2.75) is 20.0 Å². The number of hydrogen-bond donors (Lipinski definition) is 0. The fourth-order valence-corrected chi connectivity index (χ4v) is 4.09. The Bertz CT molecular complexity index is 1000. The molecule has 2 aromatic rings. The Hall–Kier alpha value is -2.84. The largest absolute Gasteiger partial charge is 0.550 e. The van der Waals surface area contributed by atoms with Gasteiger partial charge in [-0.05, 0) is 36.3 Å². The van der Waals surface area contributed by atoms with Crippen molar-refractivity contribution in [2.24, 2.45) is 0 Å². The summed E-state index contributed by atoms with van der Waals surface area (Å²) in [5, 5.41) is 10.7. The smallest absolute Gasteiger partial charge is 0.266 e. The van der Waals surface area contributed by atoms with Crippen molar-refractivity contribution in [3.05, 3.63) is 64.1 Å². The standard InChI is InChI=1S/C22H21NO5S2/c1-14-3-5-15(6-4-14)13-28-17-8-7-16(11-18(17)27-2)12-19-21(26)23(22(29)30-19)10-9-20(24)25/h3-8,11-12H,9-10,13H2,1-2H3,(H,24,25)/p-1/b19-12-. The Kier molecular flexibility index (Phi) is 7.12. The maximum atomic E-state index is 12.5. The van der Waals surface area contributed by atoms with Crippen molar-refractivity contribution < 1.29 is 24.2 Å². The molecule has 0 aliphatic carbocycles. The second-order valence-electron chi connectivity index (χ2n) is 6.64. The highest BCUT2D eigenvalue weighted by Gasteiger charge is 2.31. The van der Waals surface area contributed by atoms with Gasteiger partial charge in [-0.1, -0.05) is 59.9 Å². The zero-order valence-corrected chi connectivity index (χ0v) is 18.2. The number of carbonyl (C=O) groups excluding carboxylic acids is 2. The van der Waals surface area contributed by atoms with Gasteiger partial charge in [-0.15, -0.1) is 0 Å². The Morgan fingerprint density at radius 3 is 2.60 bits per heavy atom. The molecule has 1 heterocycles. The number of hydrogen-bond acceptors (Lipinski definition) is 7. The summed E-state index contributed by atoms with van der Waals surface area (Å²) in [4.78, 5) is 24.9. The molecule has 3 rings (SSSR count). The van der Waals surface area contributed by atoms with E-state index in [0.29, 0.717) is 27.3 Å². The summed E-state index contributed by atoms with van der Waals surface area (Å²) >= 11 is 6.33. The van der Waals surface area contributed by atoms with Crippen LogP contribution in [-0.4, -0.2) is 34.8 Å². The van der Waals surface area contributed by atoms with Crippen LogP contribution in [0.3, 0.4) is 0 Å². The Balaban J connectivity index is 1.72. The predicted molar refractivity (Wildman–Crippen MR) is 118 cm³/mol. The van der Waals surface area contributed by atoms with Crippen molar-refractivity contribution in [1.29, 1.82) is 0 Å². The molecule has 0 aromatic heterocycles. The third-order valence-corrected chi connectivity index (χ3v) is 5.79. The van der Waals surface area contributed by atoms with Gasteiger partial charge in [0, 0.05) is 18.9 Å². The van der Waals surface area contributed by atoms with Crippen molar-refractivity contribution >= 4 is 46.3 Å². The predicted octanol–water partition coefficient (Wildman–Crippen LogP) is 2.92. The van der Waals surface area contributed by atoms with Gasteiger partial charge >= 0.3 is 0 Å². The lowest BCUT2D eigenvalue weighted by Crippen LogP contribution is -2.33. The first-order valence-electron chi connectivity index (χ1n) is 9.19. The summed E-state index contributed by atoms with van der Waals surface area (Å²) in [6.45, 7) is 2.44. The molecule has 0 spiro atoms. The number of methoxy groups -OCH3 is 1. The van der Waals surface area contributed by atoms with E-state index >= 15 is 0 Å².